The van der Waals surface area contributed by atoms with Gasteiger partial charge in [0.2, 0.25) is 5.91 Å². The van der Waals surface area contributed by atoms with Crippen LogP contribution in [-0.4, -0.2) is 61.0 Å². The minimum absolute atomic E-state index is 0.303. The first kappa shape index (κ1) is 13.4. The van der Waals surface area contributed by atoms with Gasteiger partial charge < -0.3 is 15.1 Å². The number of piperidine rings is 1. The number of nitrogens with zero attached hydrogens (tertiary/aromatic N) is 2. The average Bonchev–Trinajstić information content (AvgIpc) is 3.20. The lowest BCUT2D eigenvalue weighted by molar-refractivity contribution is -0.131. The van der Waals surface area contributed by atoms with Crippen molar-refractivity contribution < 1.29 is 4.79 Å². The molecule has 19 heavy (non-hydrogen) atoms. The summed E-state index contributed by atoms with van der Waals surface area (Å²) in [5, 5.41) is 3.39. The first-order valence-electron chi connectivity index (χ1n) is 8.05. The molecule has 1 unspecified atom stereocenters. The standard InChI is InChI=1S/C15H27N3O/c19-15(17-7-2-1-3-8-17)11-16-10-13-6-9-18(12-13)14-4-5-14/h13-14,16H,1-12H2. The number of hydrogen-bond donors (Lipinski definition) is 1. The average molecular weight is 265 g/mol. The first-order chi connectivity index (χ1) is 9.33. The molecule has 4 heteroatoms. The minimum atomic E-state index is 0.303. The molecule has 0 bridgehead atoms. The van der Waals surface area contributed by atoms with Gasteiger partial charge in [-0.15, -0.1) is 0 Å². The third-order valence-corrected chi connectivity index (χ3v) is 4.80. The van der Waals surface area contributed by atoms with Crippen molar-refractivity contribution in [1.82, 2.24) is 15.1 Å². The lowest BCUT2D eigenvalue weighted by Gasteiger charge is -2.27. The molecule has 1 atom stereocenters. The zero-order valence-corrected chi connectivity index (χ0v) is 11.9. The largest absolute Gasteiger partial charge is 0.342 e. The van der Waals surface area contributed by atoms with Crippen molar-refractivity contribution in [3.05, 3.63) is 0 Å². The van der Waals surface area contributed by atoms with E-state index in [4.69, 9.17) is 0 Å². The van der Waals surface area contributed by atoms with Crippen LogP contribution in [0.3, 0.4) is 0 Å². The van der Waals surface area contributed by atoms with Gasteiger partial charge in [0.05, 0.1) is 6.54 Å². The summed E-state index contributed by atoms with van der Waals surface area (Å²) in [5.74, 6) is 1.06. The van der Waals surface area contributed by atoms with Crippen LogP contribution in [-0.2, 0) is 4.79 Å². The molecule has 4 nitrogen and oxygen atoms in total. The summed E-state index contributed by atoms with van der Waals surface area (Å²) in [6, 6.07) is 0.903. The number of likely N-dealkylation sites (tertiary alicyclic amines) is 2. The Kier molecular flexibility index (Phi) is 4.38. The van der Waals surface area contributed by atoms with E-state index in [9.17, 15) is 4.79 Å². The molecule has 1 saturated carbocycles. The first-order valence-corrected chi connectivity index (χ1v) is 8.05. The fraction of sp³-hybridized carbons (Fsp3) is 0.933. The maximum Gasteiger partial charge on any atom is 0.236 e. The Labute approximate surface area is 116 Å². The Hall–Kier alpha value is -0.610. The van der Waals surface area contributed by atoms with Gasteiger partial charge in [-0.3, -0.25) is 4.79 Å². The lowest BCUT2D eigenvalue weighted by atomic mass is 10.1. The molecule has 3 aliphatic rings. The van der Waals surface area contributed by atoms with Gasteiger partial charge in [-0.25, -0.2) is 0 Å². The Morgan fingerprint density at radius 2 is 1.84 bits per heavy atom. The number of rotatable bonds is 5. The summed E-state index contributed by atoms with van der Waals surface area (Å²) in [4.78, 5) is 16.7. The van der Waals surface area contributed by atoms with Crippen LogP contribution in [0.15, 0.2) is 0 Å². The highest BCUT2D eigenvalue weighted by atomic mass is 16.2. The fourth-order valence-corrected chi connectivity index (χ4v) is 3.44. The molecule has 0 aromatic carbocycles. The second-order valence-electron chi connectivity index (χ2n) is 6.45. The number of carbonyl (C=O) groups is 1. The van der Waals surface area contributed by atoms with Crippen LogP contribution < -0.4 is 5.32 Å². The normalized spacial score (nSPS) is 28.8. The van der Waals surface area contributed by atoms with E-state index in [2.05, 4.69) is 10.2 Å². The maximum absolute atomic E-state index is 12.0. The van der Waals surface area contributed by atoms with Crippen LogP contribution in [0, 0.1) is 5.92 Å². The monoisotopic (exact) mass is 265 g/mol. The van der Waals surface area contributed by atoms with Crippen LogP contribution in [0.25, 0.3) is 0 Å². The molecule has 3 rings (SSSR count). The quantitative estimate of drug-likeness (QED) is 0.808. The molecular formula is C15H27N3O. The van der Waals surface area contributed by atoms with Crippen molar-refractivity contribution in [3.63, 3.8) is 0 Å². The molecule has 0 spiro atoms. The number of hydrogen-bond acceptors (Lipinski definition) is 3. The van der Waals surface area contributed by atoms with Crippen LogP contribution in [0.2, 0.25) is 0 Å². The van der Waals surface area contributed by atoms with E-state index in [-0.39, 0.29) is 0 Å². The smallest absolute Gasteiger partial charge is 0.236 e. The van der Waals surface area contributed by atoms with Crippen LogP contribution in [0.5, 0.6) is 0 Å². The van der Waals surface area contributed by atoms with Gasteiger partial charge in [-0.2, -0.15) is 0 Å². The Morgan fingerprint density at radius 3 is 2.58 bits per heavy atom. The molecule has 0 aromatic heterocycles. The highest BCUT2D eigenvalue weighted by Gasteiger charge is 2.34. The van der Waals surface area contributed by atoms with E-state index < -0.39 is 0 Å². The molecular weight excluding hydrogens is 238 g/mol. The van der Waals surface area contributed by atoms with Gasteiger partial charge in [-0.05, 0) is 57.5 Å². The second-order valence-corrected chi connectivity index (χ2v) is 6.45. The Balaban J connectivity index is 1.30. The number of amides is 1. The van der Waals surface area contributed by atoms with Crippen molar-refractivity contribution in [1.29, 1.82) is 0 Å². The zero-order chi connectivity index (χ0) is 13.1. The molecule has 2 saturated heterocycles. The van der Waals surface area contributed by atoms with E-state index in [1.54, 1.807) is 0 Å². The summed E-state index contributed by atoms with van der Waals surface area (Å²) in [5.41, 5.74) is 0. The van der Waals surface area contributed by atoms with Gasteiger partial charge in [0.1, 0.15) is 0 Å². The summed E-state index contributed by atoms with van der Waals surface area (Å²) in [7, 11) is 0. The Morgan fingerprint density at radius 1 is 1.05 bits per heavy atom. The van der Waals surface area contributed by atoms with Gasteiger partial charge in [-0.1, -0.05) is 0 Å². The summed E-state index contributed by atoms with van der Waals surface area (Å²) in [6.07, 6.45) is 7.79. The highest BCUT2D eigenvalue weighted by molar-refractivity contribution is 5.78. The molecule has 0 radical (unpaired) electrons. The second kappa shape index (κ2) is 6.23. The fourth-order valence-electron chi connectivity index (χ4n) is 3.44. The van der Waals surface area contributed by atoms with E-state index in [1.807, 2.05) is 4.90 Å². The molecule has 0 aromatic rings. The molecule has 1 N–H and O–H groups in total. The molecule has 1 amide bonds. The van der Waals surface area contributed by atoms with E-state index in [1.165, 1.54) is 51.6 Å². The van der Waals surface area contributed by atoms with Gasteiger partial charge in [0.15, 0.2) is 0 Å². The minimum Gasteiger partial charge on any atom is -0.342 e. The van der Waals surface area contributed by atoms with Crippen LogP contribution in [0.1, 0.15) is 38.5 Å². The van der Waals surface area contributed by atoms with Gasteiger partial charge >= 0.3 is 0 Å². The van der Waals surface area contributed by atoms with Crippen molar-refractivity contribution in [3.8, 4) is 0 Å². The van der Waals surface area contributed by atoms with Crippen LogP contribution in [0.4, 0.5) is 0 Å². The zero-order valence-electron chi connectivity index (χ0n) is 11.9. The molecule has 2 aliphatic heterocycles. The highest BCUT2D eigenvalue weighted by Crippen LogP contribution is 2.31. The summed E-state index contributed by atoms with van der Waals surface area (Å²) in [6.45, 7) is 6.02. The predicted molar refractivity (Wildman–Crippen MR) is 76.0 cm³/mol. The molecule has 2 heterocycles. The van der Waals surface area contributed by atoms with E-state index in [0.717, 1.165) is 31.6 Å². The van der Waals surface area contributed by atoms with E-state index in [0.29, 0.717) is 12.5 Å². The molecule has 3 fully saturated rings. The van der Waals surface area contributed by atoms with Crippen molar-refractivity contribution in [2.45, 2.75) is 44.6 Å². The summed E-state index contributed by atoms with van der Waals surface area (Å²) < 4.78 is 0. The Bertz CT molecular complexity index is 311. The van der Waals surface area contributed by atoms with Gasteiger partial charge in [0, 0.05) is 25.7 Å². The topological polar surface area (TPSA) is 35.6 Å². The number of nitrogens with one attached hydrogen (secondary N) is 1. The third-order valence-electron chi connectivity index (χ3n) is 4.80. The molecule has 1 aliphatic carbocycles. The van der Waals surface area contributed by atoms with Gasteiger partial charge in [0.25, 0.3) is 0 Å². The number of carbonyl (C=O) groups excluding carboxylic acids is 1. The molecule has 108 valence electrons. The lowest BCUT2D eigenvalue weighted by Crippen LogP contribution is -2.42. The maximum atomic E-state index is 12.0. The van der Waals surface area contributed by atoms with Crippen molar-refractivity contribution >= 4 is 5.91 Å². The predicted octanol–water partition coefficient (Wildman–Crippen LogP) is 1.07. The summed E-state index contributed by atoms with van der Waals surface area (Å²) >= 11 is 0. The van der Waals surface area contributed by atoms with Crippen molar-refractivity contribution in [2.24, 2.45) is 5.92 Å². The van der Waals surface area contributed by atoms with Crippen molar-refractivity contribution in [2.75, 3.05) is 39.3 Å². The van der Waals surface area contributed by atoms with E-state index >= 15 is 0 Å². The third kappa shape index (κ3) is 3.69. The SMILES string of the molecule is O=C(CNCC1CCN(C2CC2)C1)N1CCCCC1. The van der Waals surface area contributed by atoms with Crippen LogP contribution >= 0.6 is 0 Å².